The summed E-state index contributed by atoms with van der Waals surface area (Å²) in [5.74, 6) is 0.0446. The maximum atomic E-state index is 10.4. The summed E-state index contributed by atoms with van der Waals surface area (Å²) in [7, 11) is 0. The van der Waals surface area contributed by atoms with Crippen LogP contribution in [0.25, 0.3) is 0 Å². The molecule has 0 radical (unpaired) electrons. The molecular weight excluding hydrogens is 214 g/mol. The molecule has 1 heterocycles. The Balaban J connectivity index is 2.16. The lowest BCUT2D eigenvalue weighted by atomic mass is 10.3. The molecule has 0 aromatic carbocycles. The first kappa shape index (κ1) is 12.5. The Morgan fingerprint density at radius 1 is 1.73 bits per heavy atom. The van der Waals surface area contributed by atoms with Gasteiger partial charge in [0.1, 0.15) is 0 Å². The molecule has 0 bridgehead atoms. The molecule has 1 aliphatic rings. The Morgan fingerprint density at radius 3 is 3.20 bits per heavy atom. The molecule has 0 aromatic rings. The normalized spacial score (nSPS) is 20.3. The monoisotopic (exact) mass is 231 g/mol. The van der Waals surface area contributed by atoms with Crippen molar-refractivity contribution in [3.8, 4) is 0 Å². The summed E-state index contributed by atoms with van der Waals surface area (Å²) in [6, 6.07) is 0.154. The molecule has 1 unspecified atom stereocenters. The van der Waals surface area contributed by atoms with Crippen LogP contribution in [0.15, 0.2) is 4.99 Å². The van der Waals surface area contributed by atoms with Crippen LogP contribution < -0.4 is 0 Å². The number of hydrogen-bond donors (Lipinski definition) is 1. The number of aliphatic carboxylic acids is 1. The minimum Gasteiger partial charge on any atom is -0.481 e. The van der Waals surface area contributed by atoms with Crippen LogP contribution in [0, 0.1) is 0 Å². The number of aliphatic imine (C=N–C) groups is 1. The zero-order valence-corrected chi connectivity index (χ0v) is 9.76. The van der Waals surface area contributed by atoms with Crippen LogP contribution in [0.2, 0.25) is 0 Å². The predicted molar refractivity (Wildman–Crippen MR) is 61.7 cm³/mol. The average molecular weight is 231 g/mol. The quantitative estimate of drug-likeness (QED) is 0.679. The first-order valence-electron chi connectivity index (χ1n) is 5.21. The standard InChI is InChI=1S/C10H17NO3S/c1-2-3-4-14-6-8-7-15-9(11-8)5-10(12)13/h8H,2-7H2,1H3,(H,12,13). The molecule has 15 heavy (non-hydrogen) atoms. The predicted octanol–water partition coefficient (Wildman–Crippen LogP) is 1.79. The lowest BCUT2D eigenvalue weighted by Crippen LogP contribution is -2.13. The van der Waals surface area contributed by atoms with Crippen molar-refractivity contribution >= 4 is 22.8 Å². The van der Waals surface area contributed by atoms with Gasteiger partial charge in [-0.1, -0.05) is 13.3 Å². The van der Waals surface area contributed by atoms with Gasteiger partial charge in [-0.05, 0) is 6.42 Å². The lowest BCUT2D eigenvalue weighted by Gasteiger charge is -2.06. The van der Waals surface area contributed by atoms with Gasteiger partial charge >= 0.3 is 5.97 Å². The highest BCUT2D eigenvalue weighted by Gasteiger charge is 2.19. The number of ether oxygens (including phenoxy) is 1. The molecule has 4 nitrogen and oxygen atoms in total. The Bertz CT molecular complexity index is 243. The third kappa shape index (κ3) is 5.18. The number of rotatable bonds is 7. The largest absolute Gasteiger partial charge is 0.481 e. The topological polar surface area (TPSA) is 58.9 Å². The second-order valence-electron chi connectivity index (χ2n) is 3.49. The highest BCUT2D eigenvalue weighted by Crippen LogP contribution is 2.20. The van der Waals surface area contributed by atoms with Gasteiger partial charge < -0.3 is 9.84 Å². The molecule has 1 rings (SSSR count). The van der Waals surface area contributed by atoms with Crippen molar-refractivity contribution < 1.29 is 14.6 Å². The SMILES string of the molecule is CCCCOCC1CSC(CC(=O)O)=N1. The van der Waals surface area contributed by atoms with E-state index < -0.39 is 5.97 Å². The van der Waals surface area contributed by atoms with Gasteiger partial charge in [-0.2, -0.15) is 0 Å². The zero-order valence-electron chi connectivity index (χ0n) is 8.94. The van der Waals surface area contributed by atoms with Crippen LogP contribution in [0.1, 0.15) is 26.2 Å². The second-order valence-corrected chi connectivity index (χ2v) is 4.58. The number of carboxylic acids is 1. The van der Waals surface area contributed by atoms with Crippen molar-refractivity contribution in [3.63, 3.8) is 0 Å². The Hall–Kier alpha value is -0.550. The van der Waals surface area contributed by atoms with Crippen LogP contribution in [-0.2, 0) is 9.53 Å². The smallest absolute Gasteiger partial charge is 0.309 e. The van der Waals surface area contributed by atoms with Gasteiger partial charge in [0.2, 0.25) is 0 Å². The molecule has 0 aliphatic carbocycles. The second kappa shape index (κ2) is 6.85. The molecule has 1 aliphatic heterocycles. The molecular formula is C10H17NO3S. The Morgan fingerprint density at radius 2 is 2.53 bits per heavy atom. The summed E-state index contributed by atoms with van der Waals surface area (Å²) in [5, 5.41) is 9.31. The fraction of sp³-hybridized carbons (Fsp3) is 0.800. The van der Waals surface area contributed by atoms with Crippen molar-refractivity contribution in [1.82, 2.24) is 0 Å². The van der Waals surface area contributed by atoms with Crippen LogP contribution >= 0.6 is 11.8 Å². The van der Waals surface area contributed by atoms with Crippen LogP contribution in [-0.4, -0.2) is 41.1 Å². The number of thioether (sulfide) groups is 1. The number of carbonyl (C=O) groups is 1. The minimum atomic E-state index is -0.811. The summed E-state index contributed by atoms with van der Waals surface area (Å²) in [6.45, 7) is 3.52. The molecule has 0 aromatic heterocycles. The highest BCUT2D eigenvalue weighted by atomic mass is 32.2. The van der Waals surface area contributed by atoms with Gasteiger partial charge in [0.25, 0.3) is 0 Å². The zero-order chi connectivity index (χ0) is 11.1. The fourth-order valence-corrected chi connectivity index (χ4v) is 2.25. The molecule has 86 valence electrons. The molecule has 1 atom stereocenters. The molecule has 1 N–H and O–H groups in total. The maximum absolute atomic E-state index is 10.4. The molecule has 0 fully saturated rings. The van der Waals surface area contributed by atoms with E-state index in [9.17, 15) is 4.79 Å². The van der Waals surface area contributed by atoms with E-state index in [0.29, 0.717) is 6.61 Å². The van der Waals surface area contributed by atoms with Crippen molar-refractivity contribution in [1.29, 1.82) is 0 Å². The summed E-state index contributed by atoms with van der Waals surface area (Å²) in [4.78, 5) is 14.7. The molecule has 5 heteroatoms. The number of nitrogens with zero attached hydrogens (tertiary/aromatic N) is 1. The van der Waals surface area contributed by atoms with E-state index >= 15 is 0 Å². The Labute approximate surface area is 94.1 Å². The molecule has 0 spiro atoms. The third-order valence-electron chi connectivity index (χ3n) is 2.02. The summed E-state index contributed by atoms with van der Waals surface area (Å²) in [5.41, 5.74) is 0. The number of carboxylic acid groups (broad SMARTS) is 1. The lowest BCUT2D eigenvalue weighted by molar-refractivity contribution is -0.135. The average Bonchev–Trinajstić information content (AvgIpc) is 2.59. The summed E-state index contributed by atoms with van der Waals surface area (Å²) >= 11 is 1.53. The first-order valence-corrected chi connectivity index (χ1v) is 6.20. The van der Waals surface area contributed by atoms with Gasteiger partial charge in [-0.3, -0.25) is 9.79 Å². The van der Waals surface area contributed by atoms with Gasteiger partial charge in [0.05, 0.1) is 24.1 Å². The van der Waals surface area contributed by atoms with Crippen molar-refractivity contribution in [2.24, 2.45) is 4.99 Å². The summed E-state index contributed by atoms with van der Waals surface area (Å²) < 4.78 is 5.44. The number of hydrogen-bond acceptors (Lipinski definition) is 4. The summed E-state index contributed by atoms with van der Waals surface area (Å²) in [6.07, 6.45) is 2.26. The van der Waals surface area contributed by atoms with E-state index in [1.807, 2.05) is 0 Å². The highest BCUT2D eigenvalue weighted by molar-refractivity contribution is 8.14. The van der Waals surface area contributed by atoms with Crippen molar-refractivity contribution in [3.05, 3.63) is 0 Å². The van der Waals surface area contributed by atoms with E-state index in [-0.39, 0.29) is 12.5 Å². The van der Waals surface area contributed by atoms with Gasteiger partial charge in [0, 0.05) is 12.4 Å². The van der Waals surface area contributed by atoms with Crippen LogP contribution in [0.4, 0.5) is 0 Å². The third-order valence-corrected chi connectivity index (χ3v) is 3.16. The van der Waals surface area contributed by atoms with Crippen molar-refractivity contribution in [2.75, 3.05) is 19.0 Å². The van der Waals surface area contributed by atoms with Gasteiger partial charge in [-0.15, -0.1) is 11.8 Å². The van der Waals surface area contributed by atoms with Gasteiger partial charge in [-0.25, -0.2) is 0 Å². The van der Waals surface area contributed by atoms with E-state index in [4.69, 9.17) is 9.84 Å². The molecule has 0 amide bonds. The van der Waals surface area contributed by atoms with Crippen molar-refractivity contribution in [2.45, 2.75) is 32.2 Å². The van der Waals surface area contributed by atoms with E-state index in [1.54, 1.807) is 0 Å². The van der Waals surface area contributed by atoms with Gasteiger partial charge in [0.15, 0.2) is 0 Å². The van der Waals surface area contributed by atoms with Crippen LogP contribution in [0.3, 0.4) is 0 Å². The van der Waals surface area contributed by atoms with Crippen LogP contribution in [0.5, 0.6) is 0 Å². The molecule has 0 saturated carbocycles. The maximum Gasteiger partial charge on any atom is 0.309 e. The minimum absolute atomic E-state index is 0.0517. The Kier molecular flexibility index (Phi) is 5.71. The van der Waals surface area contributed by atoms with E-state index in [0.717, 1.165) is 30.2 Å². The number of unbranched alkanes of at least 4 members (excludes halogenated alkanes) is 1. The molecule has 0 saturated heterocycles. The van der Waals surface area contributed by atoms with E-state index in [2.05, 4.69) is 11.9 Å². The van der Waals surface area contributed by atoms with E-state index in [1.165, 1.54) is 11.8 Å². The fourth-order valence-electron chi connectivity index (χ4n) is 1.25. The first-order chi connectivity index (χ1) is 7.22.